The molecule has 5 heteroatoms. The van der Waals surface area contributed by atoms with Gasteiger partial charge in [-0.25, -0.2) is 4.79 Å². The number of carbonyl (C=O) groups excluding carboxylic acids is 1. The molecule has 0 radical (unpaired) electrons. The van der Waals surface area contributed by atoms with Crippen molar-refractivity contribution in [3.63, 3.8) is 0 Å². The van der Waals surface area contributed by atoms with Crippen LogP contribution in [0.25, 0.3) is 0 Å². The van der Waals surface area contributed by atoms with Crippen LogP contribution in [-0.2, 0) is 14.3 Å². The molecule has 0 fully saturated rings. The molecule has 0 rings (SSSR count). The molecule has 0 bridgehead atoms. The van der Waals surface area contributed by atoms with Gasteiger partial charge in [-0.05, 0) is 0 Å². The summed E-state index contributed by atoms with van der Waals surface area (Å²) in [5, 5.41) is 0. The summed E-state index contributed by atoms with van der Waals surface area (Å²) >= 11 is 0. The highest BCUT2D eigenvalue weighted by Crippen LogP contribution is 1.77. The molecule has 0 heterocycles. The summed E-state index contributed by atoms with van der Waals surface area (Å²) in [7, 11) is 1.38. The van der Waals surface area contributed by atoms with Crippen molar-refractivity contribution in [2.75, 3.05) is 13.9 Å². The van der Waals surface area contributed by atoms with Crippen LogP contribution in [0.5, 0.6) is 0 Å². The van der Waals surface area contributed by atoms with E-state index in [-0.39, 0.29) is 6.79 Å². The number of hydrogen-bond donors (Lipinski definition) is 1. The Labute approximate surface area is 46.3 Å². The Hall–Kier alpha value is -0.810. The van der Waals surface area contributed by atoms with Crippen LogP contribution in [0.2, 0.25) is 0 Å². The van der Waals surface area contributed by atoms with Crippen LogP contribution >= 0.6 is 0 Å². The maximum absolute atomic E-state index is 9.92. The molecule has 48 valence electrons. The van der Waals surface area contributed by atoms with Crippen molar-refractivity contribution in [2.24, 2.45) is 5.90 Å². The lowest BCUT2D eigenvalue weighted by atomic mass is 11.3. The van der Waals surface area contributed by atoms with E-state index in [1.54, 1.807) is 0 Å². The summed E-state index contributed by atoms with van der Waals surface area (Å²) in [6, 6.07) is 0. The van der Waals surface area contributed by atoms with Crippen LogP contribution in [0.3, 0.4) is 0 Å². The molecule has 8 heavy (non-hydrogen) atoms. The molecule has 0 saturated carbocycles. The Kier molecular flexibility index (Phi) is 3.91. The van der Waals surface area contributed by atoms with Crippen LogP contribution in [0.4, 0.5) is 4.79 Å². The second-order valence-electron chi connectivity index (χ2n) is 0.919. The first-order valence-electron chi connectivity index (χ1n) is 1.83. The summed E-state index contributed by atoms with van der Waals surface area (Å²) in [5.74, 6) is 4.38. The highest BCUT2D eigenvalue weighted by Gasteiger charge is 1.96. The summed E-state index contributed by atoms with van der Waals surface area (Å²) < 4.78 is 8.47. The van der Waals surface area contributed by atoms with E-state index in [0.717, 1.165) is 0 Å². The van der Waals surface area contributed by atoms with Crippen molar-refractivity contribution < 1.29 is 19.1 Å². The van der Waals surface area contributed by atoms with E-state index in [9.17, 15) is 4.79 Å². The van der Waals surface area contributed by atoms with Gasteiger partial charge in [0, 0.05) is 7.11 Å². The van der Waals surface area contributed by atoms with E-state index in [1.165, 1.54) is 7.11 Å². The lowest BCUT2D eigenvalue weighted by Gasteiger charge is -1.97. The highest BCUT2D eigenvalue weighted by molar-refractivity contribution is 5.59. The zero-order valence-corrected chi connectivity index (χ0v) is 4.42. The molecule has 0 amide bonds. The van der Waals surface area contributed by atoms with E-state index in [1.807, 2.05) is 0 Å². The number of carbonyl (C=O) groups is 1. The van der Waals surface area contributed by atoms with Gasteiger partial charge in [-0.3, -0.25) is 0 Å². The largest absolute Gasteiger partial charge is 0.529 e. The summed E-state index contributed by atoms with van der Waals surface area (Å²) in [6.45, 7) is -0.143. The Bertz CT molecular complexity index is 73.7. The van der Waals surface area contributed by atoms with E-state index in [4.69, 9.17) is 0 Å². The molecule has 0 aromatic heterocycles. The van der Waals surface area contributed by atoms with Gasteiger partial charge in [0.15, 0.2) is 6.79 Å². The van der Waals surface area contributed by atoms with Gasteiger partial charge in [0.1, 0.15) is 0 Å². The van der Waals surface area contributed by atoms with E-state index in [2.05, 4.69) is 20.2 Å². The van der Waals surface area contributed by atoms with Crippen LogP contribution in [-0.4, -0.2) is 20.1 Å². The minimum atomic E-state index is -0.952. The molecule has 0 aliphatic carbocycles. The topological polar surface area (TPSA) is 70.8 Å². The van der Waals surface area contributed by atoms with E-state index >= 15 is 0 Å². The minimum Gasteiger partial charge on any atom is -0.406 e. The van der Waals surface area contributed by atoms with Gasteiger partial charge < -0.3 is 14.3 Å². The first-order chi connectivity index (χ1) is 3.81. The maximum Gasteiger partial charge on any atom is 0.529 e. The Morgan fingerprint density at radius 2 is 2.38 bits per heavy atom. The predicted molar refractivity (Wildman–Crippen MR) is 23.6 cm³/mol. The second kappa shape index (κ2) is 4.35. The molecule has 0 aliphatic rings. The average Bonchev–Trinajstić information content (AvgIpc) is 1.83. The van der Waals surface area contributed by atoms with Gasteiger partial charge in [-0.2, -0.15) is 5.90 Å². The van der Waals surface area contributed by atoms with Crippen molar-refractivity contribution in [1.82, 2.24) is 0 Å². The summed E-state index contributed by atoms with van der Waals surface area (Å²) in [6.07, 6.45) is -0.952. The lowest BCUT2D eigenvalue weighted by molar-refractivity contribution is -0.0265. The fraction of sp³-hybridized carbons (Fsp3) is 0.667. The fourth-order valence-corrected chi connectivity index (χ4v) is 0.141. The SMILES string of the molecule is COCOC(=O)ON. The molecular weight excluding hydrogens is 114 g/mol. The number of ether oxygens (including phenoxy) is 2. The molecule has 0 saturated heterocycles. The van der Waals surface area contributed by atoms with Crippen LogP contribution in [0.1, 0.15) is 0 Å². The molecule has 0 unspecified atom stereocenters. The molecule has 2 N–H and O–H groups in total. The zero-order valence-electron chi connectivity index (χ0n) is 4.42. The summed E-state index contributed by atoms with van der Waals surface area (Å²) in [5.41, 5.74) is 0. The first-order valence-corrected chi connectivity index (χ1v) is 1.83. The van der Waals surface area contributed by atoms with Crippen molar-refractivity contribution in [3.8, 4) is 0 Å². The van der Waals surface area contributed by atoms with Gasteiger partial charge in [0.25, 0.3) is 0 Å². The van der Waals surface area contributed by atoms with Crippen LogP contribution in [0, 0.1) is 0 Å². The summed E-state index contributed by atoms with van der Waals surface area (Å²) in [4.78, 5) is 13.5. The third-order valence-corrected chi connectivity index (χ3v) is 0.391. The molecule has 0 aromatic rings. The minimum absolute atomic E-state index is 0.143. The monoisotopic (exact) mass is 121 g/mol. The Morgan fingerprint density at radius 3 is 2.75 bits per heavy atom. The number of methoxy groups -OCH3 is 1. The smallest absolute Gasteiger partial charge is 0.406 e. The van der Waals surface area contributed by atoms with Crippen molar-refractivity contribution in [1.29, 1.82) is 0 Å². The van der Waals surface area contributed by atoms with Gasteiger partial charge in [0.05, 0.1) is 0 Å². The third kappa shape index (κ3) is 3.38. The predicted octanol–water partition coefficient (Wildman–Crippen LogP) is -0.383. The lowest BCUT2D eigenvalue weighted by Crippen LogP contribution is -2.12. The average molecular weight is 121 g/mol. The van der Waals surface area contributed by atoms with Gasteiger partial charge in [0.2, 0.25) is 0 Å². The van der Waals surface area contributed by atoms with E-state index in [0.29, 0.717) is 0 Å². The molecule has 5 nitrogen and oxygen atoms in total. The quantitative estimate of drug-likeness (QED) is 0.306. The first kappa shape index (κ1) is 7.19. The number of rotatable bonds is 2. The molecule has 0 spiro atoms. The van der Waals surface area contributed by atoms with Gasteiger partial charge in [-0.15, -0.1) is 0 Å². The van der Waals surface area contributed by atoms with Crippen LogP contribution < -0.4 is 5.90 Å². The number of hydrogen-bond acceptors (Lipinski definition) is 5. The van der Waals surface area contributed by atoms with Crippen molar-refractivity contribution in [3.05, 3.63) is 0 Å². The second-order valence-corrected chi connectivity index (χ2v) is 0.919. The fourth-order valence-electron chi connectivity index (χ4n) is 0.141. The number of nitrogens with two attached hydrogens (primary N) is 1. The maximum atomic E-state index is 9.92. The molecule has 0 atom stereocenters. The third-order valence-electron chi connectivity index (χ3n) is 0.391. The molecular formula is C3H7NO4. The Balaban J connectivity index is 2.99. The highest BCUT2D eigenvalue weighted by atomic mass is 16.8. The van der Waals surface area contributed by atoms with Crippen molar-refractivity contribution >= 4 is 6.16 Å². The van der Waals surface area contributed by atoms with Crippen LogP contribution in [0.15, 0.2) is 0 Å². The zero-order chi connectivity index (χ0) is 6.41. The van der Waals surface area contributed by atoms with Gasteiger partial charge >= 0.3 is 6.16 Å². The van der Waals surface area contributed by atoms with Crippen molar-refractivity contribution in [2.45, 2.75) is 0 Å². The van der Waals surface area contributed by atoms with Gasteiger partial charge in [-0.1, -0.05) is 0 Å². The normalized spacial score (nSPS) is 8.25. The Morgan fingerprint density at radius 1 is 1.75 bits per heavy atom. The molecule has 0 aromatic carbocycles. The molecule has 0 aliphatic heterocycles. The standard InChI is InChI=1S/C3H7NO4/c1-6-2-7-3(5)8-4/h2,4H2,1H3. The van der Waals surface area contributed by atoms with E-state index < -0.39 is 6.16 Å².